The summed E-state index contributed by atoms with van der Waals surface area (Å²) in [4.78, 5) is 11.7. The first-order valence-electron chi connectivity index (χ1n) is 7.62. The largest absolute Gasteiger partial charge is 0.444 e. The Morgan fingerprint density at radius 2 is 2.00 bits per heavy atom. The summed E-state index contributed by atoms with van der Waals surface area (Å²) in [6.45, 7) is 6.94. The number of rotatable bonds is 6. The third kappa shape index (κ3) is 7.95. The lowest BCUT2D eigenvalue weighted by Crippen LogP contribution is -2.38. The second-order valence-electron chi connectivity index (χ2n) is 7.00. The fourth-order valence-corrected chi connectivity index (χ4v) is 3.98. The van der Waals surface area contributed by atoms with E-state index in [1.54, 1.807) is 20.8 Å². The number of amides is 1. The molecule has 1 rings (SSSR count). The van der Waals surface area contributed by atoms with E-state index in [1.165, 1.54) is 6.92 Å². The van der Waals surface area contributed by atoms with Gasteiger partial charge in [0.05, 0.1) is 11.9 Å². The topological polar surface area (TPSA) is 105 Å². The number of aliphatic hydroxyl groups excluding tert-OH is 1. The van der Waals surface area contributed by atoms with Gasteiger partial charge in [0.25, 0.3) is 0 Å². The maximum absolute atomic E-state index is 11.9. The van der Waals surface area contributed by atoms with Crippen molar-refractivity contribution in [3.8, 4) is 0 Å². The highest BCUT2D eigenvalue weighted by Crippen LogP contribution is 2.27. The molecule has 0 aliphatic heterocycles. The average molecular weight is 336 g/mol. The molecule has 0 saturated heterocycles. The van der Waals surface area contributed by atoms with Crippen molar-refractivity contribution in [3.05, 3.63) is 0 Å². The van der Waals surface area contributed by atoms with E-state index in [0.29, 0.717) is 6.42 Å². The molecule has 1 aliphatic rings. The molecule has 0 bridgehead atoms. The van der Waals surface area contributed by atoms with E-state index in [-0.39, 0.29) is 24.3 Å². The van der Waals surface area contributed by atoms with Crippen LogP contribution in [-0.2, 0) is 14.8 Å². The predicted molar refractivity (Wildman–Crippen MR) is 84.0 cm³/mol. The standard InChI is InChI=1S/C14H28N2O5S/c1-10(17)8-15-22(19,20)9-11-5-6-12(7-11)16-13(18)21-14(2,3)4/h10-12,15,17H,5-9H2,1-4H3,(H,16,18)/t10-,11+,12-/m0/s1. The maximum Gasteiger partial charge on any atom is 0.407 e. The molecule has 0 spiro atoms. The molecule has 0 aromatic heterocycles. The van der Waals surface area contributed by atoms with Gasteiger partial charge < -0.3 is 15.2 Å². The van der Waals surface area contributed by atoms with Gasteiger partial charge in [0.2, 0.25) is 10.0 Å². The zero-order chi connectivity index (χ0) is 17.0. The minimum atomic E-state index is -3.39. The summed E-state index contributed by atoms with van der Waals surface area (Å²) in [7, 11) is -3.39. The molecule has 3 atom stereocenters. The van der Waals surface area contributed by atoms with Gasteiger partial charge in [0.15, 0.2) is 0 Å². The summed E-state index contributed by atoms with van der Waals surface area (Å²) in [5, 5.41) is 11.9. The van der Waals surface area contributed by atoms with E-state index >= 15 is 0 Å². The van der Waals surface area contributed by atoms with Crippen molar-refractivity contribution in [2.75, 3.05) is 12.3 Å². The molecule has 0 radical (unpaired) electrons. The summed E-state index contributed by atoms with van der Waals surface area (Å²) in [5.41, 5.74) is -0.545. The van der Waals surface area contributed by atoms with Crippen molar-refractivity contribution >= 4 is 16.1 Å². The average Bonchev–Trinajstić information content (AvgIpc) is 2.70. The number of carbonyl (C=O) groups excluding carboxylic acids is 1. The van der Waals surface area contributed by atoms with Crippen LogP contribution in [0.1, 0.15) is 47.0 Å². The van der Waals surface area contributed by atoms with Gasteiger partial charge in [-0.3, -0.25) is 0 Å². The van der Waals surface area contributed by atoms with Gasteiger partial charge in [0, 0.05) is 12.6 Å². The molecule has 8 heteroatoms. The van der Waals surface area contributed by atoms with Gasteiger partial charge in [-0.1, -0.05) is 0 Å². The van der Waals surface area contributed by atoms with Crippen LogP contribution in [0.25, 0.3) is 0 Å². The number of nitrogens with one attached hydrogen (secondary N) is 2. The van der Waals surface area contributed by atoms with Crippen molar-refractivity contribution < 1.29 is 23.1 Å². The molecule has 130 valence electrons. The quantitative estimate of drug-likeness (QED) is 0.670. The Labute approximate surface area is 132 Å². The third-order valence-electron chi connectivity index (χ3n) is 3.32. The van der Waals surface area contributed by atoms with Crippen LogP contribution in [-0.4, -0.2) is 49.7 Å². The first-order chi connectivity index (χ1) is 9.97. The van der Waals surface area contributed by atoms with Crippen molar-refractivity contribution in [1.82, 2.24) is 10.0 Å². The van der Waals surface area contributed by atoms with Crippen molar-refractivity contribution in [3.63, 3.8) is 0 Å². The molecule has 0 aromatic rings. The van der Waals surface area contributed by atoms with Crippen molar-refractivity contribution in [1.29, 1.82) is 0 Å². The molecule has 3 N–H and O–H groups in total. The summed E-state index contributed by atoms with van der Waals surface area (Å²) in [6.07, 6.45) is 0.939. The number of alkyl carbamates (subject to hydrolysis) is 1. The van der Waals surface area contributed by atoms with E-state index in [9.17, 15) is 13.2 Å². The first-order valence-corrected chi connectivity index (χ1v) is 9.27. The smallest absolute Gasteiger partial charge is 0.407 e. The van der Waals surface area contributed by atoms with Gasteiger partial charge in [0.1, 0.15) is 5.60 Å². The highest BCUT2D eigenvalue weighted by atomic mass is 32.2. The number of carbonyl (C=O) groups is 1. The second kappa shape index (κ2) is 7.61. The Morgan fingerprint density at radius 1 is 1.36 bits per heavy atom. The van der Waals surface area contributed by atoms with Gasteiger partial charge in [-0.25, -0.2) is 17.9 Å². The summed E-state index contributed by atoms with van der Waals surface area (Å²) in [6, 6.07) is -0.0492. The Kier molecular flexibility index (Phi) is 6.64. The van der Waals surface area contributed by atoms with Gasteiger partial charge >= 0.3 is 6.09 Å². The molecule has 0 aromatic carbocycles. The van der Waals surface area contributed by atoms with E-state index < -0.39 is 27.8 Å². The number of ether oxygens (including phenoxy) is 1. The van der Waals surface area contributed by atoms with Crippen LogP contribution in [0, 0.1) is 5.92 Å². The van der Waals surface area contributed by atoms with Gasteiger partial charge in [-0.05, 0) is 52.9 Å². The maximum atomic E-state index is 11.9. The molecule has 1 amide bonds. The molecule has 1 aliphatic carbocycles. The molecule has 22 heavy (non-hydrogen) atoms. The first kappa shape index (κ1) is 19.2. The Hall–Kier alpha value is -0.860. The summed E-state index contributed by atoms with van der Waals surface area (Å²) in [5.74, 6) is 0.0260. The monoisotopic (exact) mass is 336 g/mol. The summed E-state index contributed by atoms with van der Waals surface area (Å²) < 4.78 is 31.3. The van der Waals surface area contributed by atoms with Crippen LogP contribution in [0.5, 0.6) is 0 Å². The number of hydrogen-bond donors (Lipinski definition) is 3. The molecule has 7 nitrogen and oxygen atoms in total. The molecule has 1 saturated carbocycles. The van der Waals surface area contributed by atoms with Crippen LogP contribution < -0.4 is 10.0 Å². The third-order valence-corrected chi connectivity index (χ3v) is 4.83. The van der Waals surface area contributed by atoms with Crippen molar-refractivity contribution in [2.45, 2.75) is 64.7 Å². The minimum Gasteiger partial charge on any atom is -0.444 e. The van der Waals surface area contributed by atoms with Crippen LogP contribution in [0.2, 0.25) is 0 Å². The van der Waals surface area contributed by atoms with Crippen LogP contribution in [0.15, 0.2) is 0 Å². The van der Waals surface area contributed by atoms with E-state index in [1.807, 2.05) is 0 Å². The lowest BCUT2D eigenvalue weighted by Gasteiger charge is -2.21. The molecule has 0 unspecified atom stereocenters. The highest BCUT2D eigenvalue weighted by molar-refractivity contribution is 7.89. The Morgan fingerprint density at radius 3 is 2.55 bits per heavy atom. The SMILES string of the molecule is C[C@H](O)CNS(=O)(=O)C[C@@H]1CC[C@H](NC(=O)OC(C)(C)C)C1. The van der Waals surface area contributed by atoms with E-state index in [2.05, 4.69) is 10.0 Å². The van der Waals surface area contributed by atoms with Gasteiger partial charge in [-0.15, -0.1) is 0 Å². The lowest BCUT2D eigenvalue weighted by molar-refractivity contribution is 0.0505. The van der Waals surface area contributed by atoms with E-state index in [0.717, 1.165) is 12.8 Å². The molecular weight excluding hydrogens is 308 g/mol. The Balaban J connectivity index is 2.38. The number of hydrogen-bond acceptors (Lipinski definition) is 5. The highest BCUT2D eigenvalue weighted by Gasteiger charge is 2.30. The normalized spacial score (nSPS) is 24.0. The van der Waals surface area contributed by atoms with Crippen molar-refractivity contribution in [2.24, 2.45) is 5.92 Å². The zero-order valence-electron chi connectivity index (χ0n) is 13.8. The van der Waals surface area contributed by atoms with Crippen LogP contribution in [0.4, 0.5) is 4.79 Å². The number of sulfonamides is 1. The van der Waals surface area contributed by atoms with Gasteiger partial charge in [-0.2, -0.15) is 0 Å². The van der Waals surface area contributed by atoms with Crippen LogP contribution >= 0.6 is 0 Å². The molecule has 0 heterocycles. The molecule has 1 fully saturated rings. The van der Waals surface area contributed by atoms with Crippen LogP contribution in [0.3, 0.4) is 0 Å². The lowest BCUT2D eigenvalue weighted by atomic mass is 10.1. The zero-order valence-corrected chi connectivity index (χ0v) is 14.6. The summed E-state index contributed by atoms with van der Waals surface area (Å²) >= 11 is 0. The predicted octanol–water partition coefficient (Wildman–Crippen LogP) is 0.980. The number of aliphatic hydroxyl groups is 1. The second-order valence-corrected chi connectivity index (χ2v) is 8.85. The molecular formula is C14H28N2O5S. The Bertz CT molecular complexity index is 470. The fraction of sp³-hybridized carbons (Fsp3) is 0.929. The minimum absolute atomic E-state index is 0.00596. The van der Waals surface area contributed by atoms with E-state index in [4.69, 9.17) is 9.84 Å². The fourth-order valence-electron chi connectivity index (χ4n) is 2.45.